The minimum atomic E-state index is 0.286. The Morgan fingerprint density at radius 1 is 1.00 bits per heavy atom. The van der Waals surface area contributed by atoms with Crippen molar-refractivity contribution in [1.82, 2.24) is 9.97 Å². The number of benzene rings is 1. The summed E-state index contributed by atoms with van der Waals surface area (Å²) in [6.45, 7) is 0. The van der Waals surface area contributed by atoms with E-state index in [-0.39, 0.29) is 5.15 Å². The van der Waals surface area contributed by atoms with E-state index in [0.29, 0.717) is 26.1 Å². The van der Waals surface area contributed by atoms with Crippen molar-refractivity contribution in [3.8, 4) is 11.6 Å². The predicted octanol–water partition coefficient (Wildman–Crippen LogP) is 4.99. The van der Waals surface area contributed by atoms with Crippen LogP contribution >= 0.6 is 50.7 Å². The van der Waals surface area contributed by atoms with Crippen LogP contribution in [0.5, 0.6) is 11.6 Å². The van der Waals surface area contributed by atoms with Crippen LogP contribution < -0.4 is 4.74 Å². The standard InChI is InChI=1S/C10H4BrCl3N2O/c11-5-1-7(13)8(2-6(5)12)17-10-3-9(14)15-4-16-10/h1-4H. The van der Waals surface area contributed by atoms with Gasteiger partial charge in [-0.1, -0.05) is 34.8 Å². The van der Waals surface area contributed by atoms with Crippen molar-refractivity contribution >= 4 is 50.7 Å². The van der Waals surface area contributed by atoms with E-state index >= 15 is 0 Å². The highest BCUT2D eigenvalue weighted by molar-refractivity contribution is 9.10. The van der Waals surface area contributed by atoms with Crippen molar-refractivity contribution < 1.29 is 4.74 Å². The quantitative estimate of drug-likeness (QED) is 0.563. The molecule has 0 saturated heterocycles. The van der Waals surface area contributed by atoms with Gasteiger partial charge >= 0.3 is 0 Å². The Morgan fingerprint density at radius 3 is 2.47 bits per heavy atom. The third-order valence-electron chi connectivity index (χ3n) is 1.80. The predicted molar refractivity (Wildman–Crippen MR) is 71.3 cm³/mol. The average Bonchev–Trinajstić information content (AvgIpc) is 2.26. The molecule has 0 saturated carbocycles. The SMILES string of the molecule is Clc1cc(Oc2cc(Cl)c(Br)cc2Cl)ncn1. The van der Waals surface area contributed by atoms with Crippen molar-refractivity contribution in [2.24, 2.45) is 0 Å². The smallest absolute Gasteiger partial charge is 0.223 e. The maximum atomic E-state index is 6.00. The molecular formula is C10H4BrCl3N2O. The average molecular weight is 354 g/mol. The molecule has 2 rings (SSSR count). The highest BCUT2D eigenvalue weighted by Gasteiger charge is 2.08. The summed E-state index contributed by atoms with van der Waals surface area (Å²) in [5.41, 5.74) is 0. The molecule has 0 unspecified atom stereocenters. The Bertz CT molecular complexity index is 565. The molecule has 0 N–H and O–H groups in total. The molecule has 0 atom stereocenters. The number of hydrogen-bond acceptors (Lipinski definition) is 3. The zero-order valence-electron chi connectivity index (χ0n) is 8.12. The van der Waals surface area contributed by atoms with Crippen molar-refractivity contribution in [1.29, 1.82) is 0 Å². The summed E-state index contributed by atoms with van der Waals surface area (Å²) < 4.78 is 6.14. The van der Waals surface area contributed by atoms with Crippen LogP contribution in [-0.4, -0.2) is 9.97 Å². The van der Waals surface area contributed by atoms with Gasteiger partial charge in [0, 0.05) is 16.6 Å². The summed E-state index contributed by atoms with van der Waals surface area (Å²) in [4.78, 5) is 7.64. The second kappa shape index (κ2) is 5.40. The molecule has 0 amide bonds. The molecule has 88 valence electrons. The maximum absolute atomic E-state index is 6.00. The molecule has 0 spiro atoms. The number of nitrogens with zero attached hydrogens (tertiary/aromatic N) is 2. The fourth-order valence-corrected chi connectivity index (χ4v) is 2.04. The van der Waals surface area contributed by atoms with Crippen molar-refractivity contribution in [2.75, 3.05) is 0 Å². The number of rotatable bonds is 2. The van der Waals surface area contributed by atoms with E-state index in [9.17, 15) is 0 Å². The molecule has 0 aliphatic heterocycles. The summed E-state index contributed by atoms with van der Waals surface area (Å²) in [6.07, 6.45) is 1.30. The zero-order valence-corrected chi connectivity index (χ0v) is 12.0. The first kappa shape index (κ1) is 12.9. The van der Waals surface area contributed by atoms with Crippen LogP contribution in [0.4, 0.5) is 0 Å². The second-order valence-electron chi connectivity index (χ2n) is 2.98. The van der Waals surface area contributed by atoms with E-state index < -0.39 is 0 Å². The summed E-state index contributed by atoms with van der Waals surface area (Å²) in [6, 6.07) is 4.71. The molecular weight excluding hydrogens is 350 g/mol. The molecule has 17 heavy (non-hydrogen) atoms. The molecule has 0 radical (unpaired) electrons. The third-order valence-corrected chi connectivity index (χ3v) is 3.50. The van der Waals surface area contributed by atoms with Crippen LogP contribution in [-0.2, 0) is 0 Å². The highest BCUT2D eigenvalue weighted by atomic mass is 79.9. The fraction of sp³-hybridized carbons (Fsp3) is 0. The Morgan fingerprint density at radius 2 is 1.76 bits per heavy atom. The normalized spacial score (nSPS) is 10.4. The maximum Gasteiger partial charge on any atom is 0.223 e. The third kappa shape index (κ3) is 3.22. The van der Waals surface area contributed by atoms with Crippen molar-refractivity contribution in [3.63, 3.8) is 0 Å². The summed E-state index contributed by atoms with van der Waals surface area (Å²) in [5, 5.41) is 1.19. The lowest BCUT2D eigenvalue weighted by atomic mass is 10.3. The topological polar surface area (TPSA) is 35.0 Å². The zero-order chi connectivity index (χ0) is 12.4. The largest absolute Gasteiger partial charge is 0.437 e. The van der Waals surface area contributed by atoms with Gasteiger partial charge in [-0.05, 0) is 22.0 Å². The summed E-state index contributed by atoms with van der Waals surface area (Å²) in [5.74, 6) is 0.694. The van der Waals surface area contributed by atoms with Gasteiger partial charge in [-0.3, -0.25) is 0 Å². The van der Waals surface area contributed by atoms with E-state index in [1.807, 2.05) is 0 Å². The number of hydrogen-bond donors (Lipinski definition) is 0. The van der Waals surface area contributed by atoms with Crippen LogP contribution in [0.15, 0.2) is 29.0 Å². The Kier molecular flexibility index (Phi) is 4.09. The first-order chi connectivity index (χ1) is 8.06. The first-order valence-corrected chi connectivity index (χ1v) is 6.29. The molecule has 1 heterocycles. The fourth-order valence-electron chi connectivity index (χ4n) is 1.07. The molecule has 0 aliphatic rings. The Balaban J connectivity index is 2.33. The van der Waals surface area contributed by atoms with Gasteiger partial charge in [0.1, 0.15) is 17.2 Å². The van der Waals surface area contributed by atoms with E-state index in [0.717, 1.165) is 0 Å². The van der Waals surface area contributed by atoms with E-state index in [1.165, 1.54) is 12.4 Å². The van der Waals surface area contributed by atoms with Gasteiger partial charge in [-0.25, -0.2) is 9.97 Å². The second-order valence-corrected chi connectivity index (χ2v) is 5.03. The van der Waals surface area contributed by atoms with Crippen LogP contribution in [0.2, 0.25) is 15.2 Å². The number of ether oxygens (including phenoxy) is 1. The van der Waals surface area contributed by atoms with E-state index in [4.69, 9.17) is 39.5 Å². The summed E-state index contributed by atoms with van der Waals surface area (Å²) >= 11 is 20.9. The van der Waals surface area contributed by atoms with Gasteiger partial charge in [0.25, 0.3) is 0 Å². The van der Waals surface area contributed by atoms with Crippen LogP contribution in [0.3, 0.4) is 0 Å². The molecule has 0 bridgehead atoms. The van der Waals surface area contributed by atoms with Crippen LogP contribution in [0.25, 0.3) is 0 Å². The van der Waals surface area contributed by atoms with E-state index in [1.54, 1.807) is 12.1 Å². The molecule has 1 aromatic heterocycles. The molecule has 1 aromatic carbocycles. The number of halogens is 4. The lowest BCUT2D eigenvalue weighted by Crippen LogP contribution is -1.90. The van der Waals surface area contributed by atoms with Gasteiger partial charge in [0.15, 0.2) is 0 Å². The minimum absolute atomic E-state index is 0.286. The summed E-state index contributed by atoms with van der Waals surface area (Å²) in [7, 11) is 0. The molecule has 3 nitrogen and oxygen atoms in total. The van der Waals surface area contributed by atoms with Crippen molar-refractivity contribution in [2.45, 2.75) is 0 Å². The van der Waals surface area contributed by atoms with E-state index in [2.05, 4.69) is 25.9 Å². The first-order valence-electron chi connectivity index (χ1n) is 4.36. The molecule has 0 aliphatic carbocycles. The van der Waals surface area contributed by atoms with Gasteiger partial charge in [-0.2, -0.15) is 0 Å². The lowest BCUT2D eigenvalue weighted by Gasteiger charge is -2.07. The minimum Gasteiger partial charge on any atom is -0.437 e. The number of aromatic nitrogens is 2. The monoisotopic (exact) mass is 352 g/mol. The van der Waals surface area contributed by atoms with Gasteiger partial charge in [0.05, 0.1) is 10.0 Å². The molecule has 2 aromatic rings. The van der Waals surface area contributed by atoms with Gasteiger partial charge in [-0.15, -0.1) is 0 Å². The Hall–Kier alpha value is -0.550. The molecule has 7 heteroatoms. The van der Waals surface area contributed by atoms with Crippen molar-refractivity contribution in [3.05, 3.63) is 44.2 Å². The van der Waals surface area contributed by atoms with Gasteiger partial charge in [0.2, 0.25) is 5.88 Å². The highest BCUT2D eigenvalue weighted by Crippen LogP contribution is 2.36. The Labute approximate surface area is 121 Å². The van der Waals surface area contributed by atoms with Crippen LogP contribution in [0, 0.1) is 0 Å². The van der Waals surface area contributed by atoms with Gasteiger partial charge < -0.3 is 4.74 Å². The van der Waals surface area contributed by atoms with Crippen LogP contribution in [0.1, 0.15) is 0 Å². The lowest BCUT2D eigenvalue weighted by molar-refractivity contribution is 0.461. The molecule has 0 fully saturated rings.